The molecule has 0 saturated carbocycles. The summed E-state index contributed by atoms with van der Waals surface area (Å²) in [5.74, 6) is 3.34. The minimum Gasteiger partial charge on any atom is -0.501 e. The van der Waals surface area contributed by atoms with Crippen LogP contribution in [-0.4, -0.2) is 50.5 Å². The zero-order chi connectivity index (χ0) is 22.8. The molecule has 0 amide bonds. The lowest BCUT2D eigenvalue weighted by Crippen LogP contribution is -2.26. The van der Waals surface area contributed by atoms with Crippen LogP contribution in [0.2, 0.25) is 0 Å². The first-order valence-corrected chi connectivity index (χ1v) is 10.7. The smallest absolute Gasteiger partial charge is 0.224 e. The molecule has 7 heteroatoms. The Balaban J connectivity index is 1.59. The van der Waals surface area contributed by atoms with Crippen LogP contribution in [0.5, 0.6) is 17.2 Å². The highest BCUT2D eigenvalue weighted by Gasteiger charge is 2.31. The Morgan fingerprint density at radius 3 is 2.56 bits per heavy atom. The Bertz CT molecular complexity index is 1000. The average molecular weight is 443 g/mol. The van der Waals surface area contributed by atoms with Gasteiger partial charge in [0.2, 0.25) is 6.29 Å². The molecule has 1 aromatic carbocycles. The van der Waals surface area contributed by atoms with Crippen molar-refractivity contribution >= 4 is 5.57 Å². The van der Waals surface area contributed by atoms with Crippen molar-refractivity contribution in [2.75, 3.05) is 27.9 Å². The summed E-state index contributed by atoms with van der Waals surface area (Å²) < 4.78 is 28.3. The molecular weight excluding hydrogens is 412 g/mol. The van der Waals surface area contributed by atoms with E-state index in [0.717, 1.165) is 34.6 Å². The standard InChI is InChI=1S/C25H30O7/c1-14(26)16-5-6-19-20-11-23(30-4)24(12-22(20)32-25(27)21(19)9-16)31-13-15-7-17(28-2)10-18(8-15)29-3/h7,9-12,14-15,25-27H,5-6,8,13H2,1-4H3. The molecule has 0 spiro atoms. The average Bonchev–Trinajstić information content (AvgIpc) is 2.81. The van der Waals surface area contributed by atoms with Gasteiger partial charge in [-0.3, -0.25) is 0 Å². The number of hydrogen-bond donors (Lipinski definition) is 2. The summed E-state index contributed by atoms with van der Waals surface area (Å²) >= 11 is 0. The van der Waals surface area contributed by atoms with Gasteiger partial charge in [0.1, 0.15) is 11.5 Å². The van der Waals surface area contributed by atoms with Gasteiger partial charge in [-0.2, -0.15) is 0 Å². The predicted octanol–water partition coefficient (Wildman–Crippen LogP) is 3.72. The first kappa shape index (κ1) is 22.3. The molecule has 0 bridgehead atoms. The van der Waals surface area contributed by atoms with Crippen molar-refractivity contribution in [3.05, 3.63) is 58.6 Å². The van der Waals surface area contributed by atoms with Gasteiger partial charge < -0.3 is 33.9 Å². The fraction of sp³-hybridized carbons (Fsp3) is 0.440. The molecule has 1 aliphatic heterocycles. The minimum atomic E-state index is -1.09. The highest BCUT2D eigenvalue weighted by molar-refractivity contribution is 5.80. The first-order valence-electron chi connectivity index (χ1n) is 10.7. The van der Waals surface area contributed by atoms with Crippen molar-refractivity contribution in [2.45, 2.75) is 38.6 Å². The van der Waals surface area contributed by atoms with Gasteiger partial charge in [0.05, 0.1) is 39.8 Å². The zero-order valence-electron chi connectivity index (χ0n) is 18.9. The number of allylic oxidation sites excluding steroid dienone is 3. The van der Waals surface area contributed by atoms with E-state index in [-0.39, 0.29) is 5.92 Å². The molecule has 172 valence electrons. The van der Waals surface area contributed by atoms with E-state index in [4.69, 9.17) is 23.7 Å². The van der Waals surface area contributed by atoms with E-state index >= 15 is 0 Å². The van der Waals surface area contributed by atoms with Gasteiger partial charge in [-0.25, -0.2) is 0 Å². The van der Waals surface area contributed by atoms with Gasteiger partial charge in [0.25, 0.3) is 0 Å². The number of benzene rings is 1. The van der Waals surface area contributed by atoms with Crippen molar-refractivity contribution in [3.8, 4) is 17.2 Å². The summed E-state index contributed by atoms with van der Waals surface area (Å²) in [6.07, 6.45) is 6.24. The van der Waals surface area contributed by atoms with Crippen LogP contribution < -0.4 is 14.2 Å². The molecule has 7 nitrogen and oxygen atoms in total. The van der Waals surface area contributed by atoms with Crippen molar-refractivity contribution < 1.29 is 33.9 Å². The van der Waals surface area contributed by atoms with Gasteiger partial charge in [0, 0.05) is 35.6 Å². The number of aliphatic hydroxyl groups is 2. The van der Waals surface area contributed by atoms with Crippen LogP contribution in [0.15, 0.2) is 53.0 Å². The quantitative estimate of drug-likeness (QED) is 0.666. The topological polar surface area (TPSA) is 86.6 Å². The Hall–Kier alpha value is -2.90. The monoisotopic (exact) mass is 442 g/mol. The Kier molecular flexibility index (Phi) is 6.48. The summed E-state index contributed by atoms with van der Waals surface area (Å²) in [4.78, 5) is 0. The van der Waals surface area contributed by atoms with E-state index in [2.05, 4.69) is 0 Å². The van der Waals surface area contributed by atoms with Crippen LogP contribution in [0.1, 0.15) is 31.7 Å². The Labute approximate surface area is 188 Å². The molecule has 0 fully saturated rings. The Morgan fingerprint density at radius 2 is 1.88 bits per heavy atom. The molecule has 2 N–H and O–H groups in total. The summed E-state index contributed by atoms with van der Waals surface area (Å²) in [6, 6.07) is 3.66. The molecule has 4 rings (SSSR count). The van der Waals surface area contributed by atoms with Crippen LogP contribution in [0.4, 0.5) is 0 Å². The molecule has 1 heterocycles. The van der Waals surface area contributed by atoms with Gasteiger partial charge in [-0.1, -0.05) is 6.08 Å². The van der Waals surface area contributed by atoms with E-state index in [1.807, 2.05) is 24.3 Å². The fourth-order valence-corrected chi connectivity index (χ4v) is 4.33. The van der Waals surface area contributed by atoms with Crippen LogP contribution in [0.25, 0.3) is 5.57 Å². The molecule has 3 atom stereocenters. The maximum absolute atomic E-state index is 10.6. The number of methoxy groups -OCH3 is 3. The van der Waals surface area contributed by atoms with Crippen molar-refractivity contribution in [3.63, 3.8) is 0 Å². The number of fused-ring (bicyclic) bond motifs is 2. The van der Waals surface area contributed by atoms with Gasteiger partial charge in [0.15, 0.2) is 11.5 Å². The molecular formula is C25H30O7. The van der Waals surface area contributed by atoms with E-state index in [9.17, 15) is 10.2 Å². The van der Waals surface area contributed by atoms with E-state index < -0.39 is 12.4 Å². The summed E-state index contributed by atoms with van der Waals surface area (Å²) in [6.45, 7) is 2.14. The Morgan fingerprint density at radius 1 is 1.06 bits per heavy atom. The zero-order valence-corrected chi connectivity index (χ0v) is 18.9. The van der Waals surface area contributed by atoms with E-state index in [0.29, 0.717) is 42.3 Å². The third-order valence-corrected chi connectivity index (χ3v) is 6.10. The van der Waals surface area contributed by atoms with Crippen molar-refractivity contribution in [1.29, 1.82) is 0 Å². The lowest BCUT2D eigenvalue weighted by Gasteiger charge is -2.31. The second-order valence-electron chi connectivity index (χ2n) is 8.16. The van der Waals surface area contributed by atoms with Crippen molar-refractivity contribution in [2.24, 2.45) is 5.92 Å². The summed E-state index contributed by atoms with van der Waals surface area (Å²) in [5.41, 5.74) is 3.46. The lowest BCUT2D eigenvalue weighted by molar-refractivity contribution is 0.0142. The van der Waals surface area contributed by atoms with Crippen LogP contribution in [-0.2, 0) is 9.47 Å². The fourth-order valence-electron chi connectivity index (χ4n) is 4.33. The molecule has 2 aliphatic carbocycles. The normalized spacial score (nSPS) is 23.0. The number of rotatable bonds is 7. The van der Waals surface area contributed by atoms with Gasteiger partial charge >= 0.3 is 0 Å². The van der Waals surface area contributed by atoms with Gasteiger partial charge in [-0.05, 0) is 43.1 Å². The second-order valence-corrected chi connectivity index (χ2v) is 8.16. The molecule has 1 aromatic rings. The summed E-state index contributed by atoms with van der Waals surface area (Å²) in [5, 5.41) is 20.5. The van der Waals surface area contributed by atoms with Crippen LogP contribution in [0, 0.1) is 5.92 Å². The first-order chi connectivity index (χ1) is 15.4. The highest BCUT2D eigenvalue weighted by atomic mass is 16.6. The second kappa shape index (κ2) is 9.30. The van der Waals surface area contributed by atoms with E-state index in [1.54, 1.807) is 34.3 Å². The maximum Gasteiger partial charge on any atom is 0.224 e. The third kappa shape index (κ3) is 4.36. The molecule has 0 aromatic heterocycles. The van der Waals surface area contributed by atoms with Gasteiger partial charge in [-0.15, -0.1) is 0 Å². The number of ether oxygens (including phenoxy) is 5. The van der Waals surface area contributed by atoms with E-state index in [1.165, 1.54) is 0 Å². The molecule has 3 aliphatic rings. The minimum absolute atomic E-state index is 0.0776. The largest absolute Gasteiger partial charge is 0.501 e. The molecule has 3 unspecified atom stereocenters. The maximum atomic E-state index is 10.6. The van der Waals surface area contributed by atoms with Crippen molar-refractivity contribution in [1.82, 2.24) is 0 Å². The number of aliphatic hydroxyl groups excluding tert-OH is 2. The number of hydrogen-bond acceptors (Lipinski definition) is 7. The third-order valence-electron chi connectivity index (χ3n) is 6.10. The lowest BCUT2D eigenvalue weighted by atomic mass is 9.84. The van der Waals surface area contributed by atoms with Crippen LogP contribution in [0.3, 0.4) is 0 Å². The molecule has 32 heavy (non-hydrogen) atoms. The SMILES string of the molecule is COC1=CC(COc2cc3c(cc2OC)C2=C(C=C(C(C)O)CC2)C(O)O3)CC(OC)=C1. The highest BCUT2D eigenvalue weighted by Crippen LogP contribution is 2.46. The molecule has 0 saturated heterocycles. The predicted molar refractivity (Wildman–Crippen MR) is 119 cm³/mol. The van der Waals surface area contributed by atoms with Crippen LogP contribution >= 0.6 is 0 Å². The molecule has 0 radical (unpaired) electrons. The summed E-state index contributed by atoms with van der Waals surface area (Å²) in [7, 11) is 4.87.